The van der Waals surface area contributed by atoms with Crippen molar-refractivity contribution in [3.63, 3.8) is 0 Å². The van der Waals surface area contributed by atoms with E-state index >= 15 is 0 Å². The van der Waals surface area contributed by atoms with E-state index in [9.17, 15) is 4.79 Å². The third-order valence-electron chi connectivity index (χ3n) is 4.96. The van der Waals surface area contributed by atoms with Gasteiger partial charge < -0.3 is 24.7 Å². The normalized spacial score (nSPS) is 28.1. The van der Waals surface area contributed by atoms with Crippen molar-refractivity contribution in [1.82, 2.24) is 0 Å². The minimum atomic E-state index is -0.831. The Morgan fingerprint density at radius 1 is 0.862 bits per heavy atom. The summed E-state index contributed by atoms with van der Waals surface area (Å²) in [5, 5.41) is 0. The van der Waals surface area contributed by atoms with Gasteiger partial charge in [0, 0.05) is 0 Å². The first-order valence-corrected chi connectivity index (χ1v) is 9.93. The lowest BCUT2D eigenvalue weighted by Crippen LogP contribution is -2.47. The van der Waals surface area contributed by atoms with E-state index in [-0.39, 0.29) is 12.7 Å². The molecule has 1 aliphatic heterocycles. The maximum atomic E-state index is 12.2. The van der Waals surface area contributed by atoms with Crippen LogP contribution in [0.2, 0.25) is 0 Å². The average Bonchev–Trinajstić information content (AvgIpc) is 2.77. The quantitative estimate of drug-likeness (QED) is 0.753. The van der Waals surface area contributed by atoms with Gasteiger partial charge in [0.05, 0.1) is 25.9 Å². The number of hydrogen-bond donors (Lipinski definition) is 1. The summed E-state index contributed by atoms with van der Waals surface area (Å²) in [5.74, 6) is -0.498. The number of cyclic esters (lactones) is 1. The van der Waals surface area contributed by atoms with Gasteiger partial charge in [-0.2, -0.15) is 0 Å². The van der Waals surface area contributed by atoms with Crippen LogP contribution < -0.4 is 5.73 Å². The largest absolute Gasteiger partial charge is 0.459 e. The van der Waals surface area contributed by atoms with Crippen molar-refractivity contribution in [3.8, 4) is 0 Å². The van der Waals surface area contributed by atoms with Crippen molar-refractivity contribution in [2.45, 2.75) is 57.5 Å². The van der Waals surface area contributed by atoms with E-state index in [1.165, 1.54) is 0 Å². The highest BCUT2D eigenvalue weighted by Gasteiger charge is 2.38. The molecule has 156 valence electrons. The lowest BCUT2D eigenvalue weighted by molar-refractivity contribution is -0.178. The van der Waals surface area contributed by atoms with Gasteiger partial charge in [0.25, 0.3) is 0 Å². The zero-order valence-electron chi connectivity index (χ0n) is 16.9. The molecule has 6 heteroatoms. The molecule has 2 N–H and O–H groups in total. The number of ether oxygens (including phenoxy) is 4. The Morgan fingerprint density at radius 2 is 1.34 bits per heavy atom. The molecule has 0 spiro atoms. The number of rotatable bonds is 6. The minimum Gasteiger partial charge on any atom is -0.459 e. The molecule has 2 aromatic carbocycles. The fourth-order valence-corrected chi connectivity index (χ4v) is 3.28. The Hall–Kier alpha value is -2.25. The highest BCUT2D eigenvalue weighted by atomic mass is 16.6. The van der Waals surface area contributed by atoms with Crippen LogP contribution in [0.15, 0.2) is 60.7 Å². The first-order valence-electron chi connectivity index (χ1n) is 9.93. The lowest BCUT2D eigenvalue weighted by Gasteiger charge is -2.33. The van der Waals surface area contributed by atoms with Crippen LogP contribution in [0, 0.1) is 0 Å². The molecule has 0 aliphatic carbocycles. The second kappa shape index (κ2) is 10.5. The average molecular weight is 399 g/mol. The smallest absolute Gasteiger partial charge is 0.325 e. The van der Waals surface area contributed by atoms with Crippen molar-refractivity contribution >= 4 is 5.97 Å². The van der Waals surface area contributed by atoms with Gasteiger partial charge in [0.15, 0.2) is 0 Å². The first-order chi connectivity index (χ1) is 14.0. The van der Waals surface area contributed by atoms with Gasteiger partial charge in [-0.15, -0.1) is 0 Å². The van der Waals surface area contributed by atoms with Crippen LogP contribution in [0.1, 0.15) is 25.0 Å². The van der Waals surface area contributed by atoms with Gasteiger partial charge in [0.1, 0.15) is 24.4 Å². The molecule has 3 rings (SSSR count). The van der Waals surface area contributed by atoms with E-state index in [0.29, 0.717) is 13.2 Å². The summed E-state index contributed by atoms with van der Waals surface area (Å²) in [4.78, 5) is 12.2. The maximum Gasteiger partial charge on any atom is 0.325 e. The Morgan fingerprint density at radius 3 is 1.86 bits per heavy atom. The second-order valence-corrected chi connectivity index (χ2v) is 7.31. The number of nitrogens with two attached hydrogens (primary N) is 1. The fourth-order valence-electron chi connectivity index (χ4n) is 3.28. The number of carbonyl (C=O) groups is 1. The van der Waals surface area contributed by atoms with Crippen LogP contribution in [0.3, 0.4) is 0 Å². The highest BCUT2D eigenvalue weighted by molar-refractivity contribution is 5.75. The summed E-state index contributed by atoms with van der Waals surface area (Å²) in [6.45, 7) is 4.55. The summed E-state index contributed by atoms with van der Waals surface area (Å²) < 4.78 is 23.8. The molecule has 0 unspecified atom stereocenters. The maximum absolute atomic E-state index is 12.2. The molecule has 0 radical (unpaired) electrons. The van der Waals surface area contributed by atoms with Gasteiger partial charge in [-0.1, -0.05) is 60.7 Å². The van der Waals surface area contributed by atoms with Crippen molar-refractivity contribution in [1.29, 1.82) is 0 Å². The van der Waals surface area contributed by atoms with Crippen molar-refractivity contribution in [2.75, 3.05) is 6.61 Å². The Labute approximate surface area is 171 Å². The summed E-state index contributed by atoms with van der Waals surface area (Å²) in [5.41, 5.74) is 7.95. The van der Waals surface area contributed by atoms with Crippen LogP contribution >= 0.6 is 0 Å². The summed E-state index contributed by atoms with van der Waals surface area (Å²) in [6, 6.07) is 18.9. The molecule has 1 saturated heterocycles. The molecule has 0 bridgehead atoms. The van der Waals surface area contributed by atoms with Gasteiger partial charge >= 0.3 is 5.97 Å². The van der Waals surface area contributed by atoms with Crippen molar-refractivity contribution in [2.24, 2.45) is 5.73 Å². The van der Waals surface area contributed by atoms with Crippen LogP contribution in [-0.2, 0) is 37.0 Å². The zero-order valence-corrected chi connectivity index (χ0v) is 16.9. The number of hydrogen-bond acceptors (Lipinski definition) is 6. The third kappa shape index (κ3) is 6.11. The van der Waals surface area contributed by atoms with E-state index in [1.807, 2.05) is 67.6 Å². The van der Waals surface area contributed by atoms with E-state index in [4.69, 9.17) is 24.7 Å². The van der Waals surface area contributed by atoms with Gasteiger partial charge in [0.2, 0.25) is 0 Å². The Kier molecular flexibility index (Phi) is 7.77. The monoisotopic (exact) mass is 399 g/mol. The molecule has 5 atom stereocenters. The van der Waals surface area contributed by atoms with Crippen molar-refractivity contribution in [3.05, 3.63) is 71.8 Å². The van der Waals surface area contributed by atoms with Crippen LogP contribution in [0.25, 0.3) is 0 Å². The number of benzene rings is 2. The van der Waals surface area contributed by atoms with E-state index < -0.39 is 30.3 Å². The van der Waals surface area contributed by atoms with Crippen LogP contribution in [0.5, 0.6) is 0 Å². The second-order valence-electron chi connectivity index (χ2n) is 7.31. The molecule has 1 aliphatic rings. The molecule has 6 nitrogen and oxygen atoms in total. The molecule has 1 fully saturated rings. The van der Waals surface area contributed by atoms with Gasteiger partial charge in [-0.3, -0.25) is 4.79 Å². The Bertz CT molecular complexity index is 754. The standard InChI is InChI=1S/C23H29NO5/c1-16-21(27-13-18-9-5-3-6-10-18)22(28-14-19-11-7-4-8-12-19)17(2)29-23(25)20(24)15-26-16/h3-12,16-17,20-22H,13-15,24H2,1-2H3/t16-,17-,20-,21-,22-/m0/s1. The summed E-state index contributed by atoms with van der Waals surface area (Å²) in [6.07, 6.45) is -1.82. The summed E-state index contributed by atoms with van der Waals surface area (Å²) in [7, 11) is 0. The topological polar surface area (TPSA) is 80.0 Å². The Balaban J connectivity index is 1.78. The lowest BCUT2D eigenvalue weighted by atomic mass is 10.0. The number of esters is 1. The molecular weight excluding hydrogens is 370 g/mol. The summed E-state index contributed by atoms with van der Waals surface area (Å²) >= 11 is 0. The third-order valence-corrected chi connectivity index (χ3v) is 4.96. The zero-order chi connectivity index (χ0) is 20.6. The van der Waals surface area contributed by atoms with E-state index in [2.05, 4.69) is 0 Å². The van der Waals surface area contributed by atoms with Gasteiger partial charge in [-0.25, -0.2) is 0 Å². The molecule has 1 heterocycles. The molecular formula is C23H29NO5. The predicted molar refractivity (Wildman–Crippen MR) is 109 cm³/mol. The molecule has 0 amide bonds. The molecule has 0 saturated carbocycles. The molecule has 0 aromatic heterocycles. The molecule has 2 aromatic rings. The molecule has 29 heavy (non-hydrogen) atoms. The van der Waals surface area contributed by atoms with E-state index in [0.717, 1.165) is 11.1 Å². The number of carbonyl (C=O) groups excluding carboxylic acids is 1. The minimum absolute atomic E-state index is 0.0727. The fraction of sp³-hybridized carbons (Fsp3) is 0.435. The first kappa shape index (κ1) is 21.5. The van der Waals surface area contributed by atoms with Crippen LogP contribution in [-0.4, -0.2) is 43.0 Å². The predicted octanol–water partition coefficient (Wildman–Crippen LogP) is 2.83. The highest BCUT2D eigenvalue weighted by Crippen LogP contribution is 2.22. The van der Waals surface area contributed by atoms with Crippen molar-refractivity contribution < 1.29 is 23.7 Å². The SMILES string of the molecule is C[C@@H]1OC[C@H](N)C(=O)O[C@@H](C)[C@H](OCc2ccccc2)[C@H]1OCc1ccccc1. The van der Waals surface area contributed by atoms with E-state index in [1.54, 1.807) is 6.92 Å². The van der Waals surface area contributed by atoms with Crippen LogP contribution in [0.4, 0.5) is 0 Å². The van der Waals surface area contributed by atoms with Gasteiger partial charge in [-0.05, 0) is 25.0 Å².